The molecule has 2 rings (SSSR count). The normalized spacial score (nSPS) is 24.0. The van der Waals surface area contributed by atoms with Crippen LogP contribution in [0.25, 0.3) is 0 Å². The van der Waals surface area contributed by atoms with E-state index < -0.39 is 7.37 Å². The van der Waals surface area contributed by atoms with Gasteiger partial charge in [0.05, 0.1) is 6.10 Å². The number of unbranched alkanes of at least 4 members (excludes halogenated alkanes) is 3. The van der Waals surface area contributed by atoms with Gasteiger partial charge in [-0.3, -0.25) is 9.36 Å². The summed E-state index contributed by atoms with van der Waals surface area (Å²) >= 11 is 0. The second-order valence-corrected chi connectivity index (χ2v) is 11.1. The van der Waals surface area contributed by atoms with E-state index in [4.69, 9.17) is 14.2 Å². The van der Waals surface area contributed by atoms with Crippen molar-refractivity contribution in [2.24, 2.45) is 11.8 Å². The summed E-state index contributed by atoms with van der Waals surface area (Å²) in [5.41, 5.74) is 0. The molecule has 5 atom stereocenters. The number of hydrogen-bond acceptors (Lipinski definition) is 5. The first kappa shape index (κ1) is 26.7. The van der Waals surface area contributed by atoms with Crippen molar-refractivity contribution in [2.45, 2.75) is 50.7 Å². The SMILES string of the molecule is COC(/C=C/[C@H]1C(OC)CC(=O)[C@@H]1CCCCCCP(C)(=O)O)COc1cccc(F)c1. The van der Waals surface area contributed by atoms with E-state index in [0.29, 0.717) is 18.3 Å². The molecule has 8 heteroatoms. The third-order valence-electron chi connectivity index (χ3n) is 5.91. The molecule has 1 aromatic rings. The molecule has 1 aromatic carbocycles. The number of halogens is 1. The fourth-order valence-corrected chi connectivity index (χ4v) is 4.93. The lowest BCUT2D eigenvalue weighted by Gasteiger charge is -2.21. The minimum atomic E-state index is -2.94. The van der Waals surface area contributed by atoms with Crippen molar-refractivity contribution in [3.8, 4) is 5.75 Å². The molecule has 0 aromatic heterocycles. The lowest BCUT2D eigenvalue weighted by Crippen LogP contribution is -2.23. The Hall–Kier alpha value is -1.53. The predicted octanol–water partition coefficient (Wildman–Crippen LogP) is 4.85. The van der Waals surface area contributed by atoms with Gasteiger partial charge in [-0.2, -0.15) is 0 Å². The van der Waals surface area contributed by atoms with E-state index in [9.17, 15) is 18.6 Å². The summed E-state index contributed by atoms with van der Waals surface area (Å²) in [6.45, 7) is 1.62. The highest BCUT2D eigenvalue weighted by atomic mass is 31.2. The molecule has 180 valence electrons. The number of methoxy groups -OCH3 is 2. The summed E-state index contributed by atoms with van der Waals surface area (Å²) in [5.74, 6) is 0.151. The first-order valence-electron chi connectivity index (χ1n) is 11.2. The fraction of sp³-hybridized carbons (Fsp3) is 0.625. The number of Topliss-reactive ketones (excluding diaryl/α,β-unsaturated/α-hetero) is 1. The van der Waals surface area contributed by atoms with Crippen LogP contribution in [0.5, 0.6) is 5.75 Å². The topological polar surface area (TPSA) is 82.1 Å². The summed E-state index contributed by atoms with van der Waals surface area (Å²) in [6.07, 6.45) is 8.35. The Morgan fingerprint density at radius 2 is 2.00 bits per heavy atom. The second-order valence-electron chi connectivity index (χ2n) is 8.53. The molecule has 1 aliphatic rings. The molecule has 32 heavy (non-hydrogen) atoms. The van der Waals surface area contributed by atoms with Crippen LogP contribution in [0.1, 0.15) is 38.5 Å². The number of hydrogen-bond donors (Lipinski definition) is 1. The number of ether oxygens (including phenoxy) is 3. The Bertz CT molecular complexity index is 792. The average Bonchev–Trinajstić information content (AvgIpc) is 3.04. The van der Waals surface area contributed by atoms with Crippen molar-refractivity contribution >= 4 is 13.2 Å². The van der Waals surface area contributed by atoms with Crippen molar-refractivity contribution in [1.82, 2.24) is 0 Å². The molecule has 0 radical (unpaired) electrons. The van der Waals surface area contributed by atoms with Crippen LogP contribution in [0.15, 0.2) is 36.4 Å². The van der Waals surface area contributed by atoms with Crippen LogP contribution in [-0.2, 0) is 18.8 Å². The van der Waals surface area contributed by atoms with E-state index >= 15 is 0 Å². The summed E-state index contributed by atoms with van der Waals surface area (Å²) in [4.78, 5) is 22.0. The first-order valence-corrected chi connectivity index (χ1v) is 13.5. The van der Waals surface area contributed by atoms with Crippen molar-refractivity contribution in [3.05, 3.63) is 42.2 Å². The third-order valence-corrected chi connectivity index (χ3v) is 7.06. The lowest BCUT2D eigenvalue weighted by molar-refractivity contribution is -0.121. The fourth-order valence-electron chi connectivity index (χ4n) is 4.12. The number of benzene rings is 1. The maximum Gasteiger partial charge on any atom is 0.197 e. The highest BCUT2D eigenvalue weighted by molar-refractivity contribution is 7.57. The maximum absolute atomic E-state index is 13.3. The highest BCUT2D eigenvalue weighted by Crippen LogP contribution is 2.37. The van der Waals surface area contributed by atoms with E-state index in [1.54, 1.807) is 26.4 Å². The minimum Gasteiger partial charge on any atom is -0.490 e. The molecule has 1 fully saturated rings. The summed E-state index contributed by atoms with van der Waals surface area (Å²) < 4.78 is 41.3. The Labute approximate surface area is 190 Å². The van der Waals surface area contributed by atoms with Gasteiger partial charge in [0.25, 0.3) is 0 Å². The molecule has 3 unspecified atom stereocenters. The molecule has 6 nitrogen and oxygen atoms in total. The zero-order valence-electron chi connectivity index (χ0n) is 19.2. The van der Waals surface area contributed by atoms with Crippen LogP contribution in [0, 0.1) is 17.7 Å². The predicted molar refractivity (Wildman–Crippen MR) is 123 cm³/mol. The van der Waals surface area contributed by atoms with Gasteiger partial charge >= 0.3 is 0 Å². The molecule has 1 aliphatic carbocycles. The molecule has 0 saturated heterocycles. The smallest absolute Gasteiger partial charge is 0.197 e. The highest BCUT2D eigenvalue weighted by Gasteiger charge is 2.40. The number of ketones is 1. The molecule has 1 saturated carbocycles. The van der Waals surface area contributed by atoms with Gasteiger partial charge in [-0.15, -0.1) is 0 Å². The van der Waals surface area contributed by atoms with Gasteiger partial charge in [0.2, 0.25) is 0 Å². The molecule has 0 bridgehead atoms. The summed E-state index contributed by atoms with van der Waals surface area (Å²) in [7, 11) is 0.268. The standard InChI is InChI=1S/C24H36FO6P/c1-29-20(17-31-19-10-8-9-18(25)15-19)12-13-22-21(23(26)16-24(22)30-2)11-6-4-5-7-14-32(3,27)28/h8-10,12-13,15,20-22,24H,4-7,11,14,16-17H2,1-3H3,(H,27,28)/b13-12+/t20?,21-,22-,24?/m1/s1. The van der Waals surface area contributed by atoms with Crippen molar-refractivity contribution in [1.29, 1.82) is 0 Å². The Kier molecular flexibility index (Phi) is 11.1. The molecule has 0 aliphatic heterocycles. The molecule has 0 spiro atoms. The minimum absolute atomic E-state index is 0.0346. The van der Waals surface area contributed by atoms with Crippen LogP contribution in [0.3, 0.4) is 0 Å². The molecule has 0 amide bonds. The van der Waals surface area contributed by atoms with Gasteiger partial charge in [-0.1, -0.05) is 37.5 Å². The third kappa shape index (κ3) is 9.14. The van der Waals surface area contributed by atoms with Crippen LogP contribution < -0.4 is 4.74 Å². The van der Waals surface area contributed by atoms with Gasteiger partial charge in [-0.05, 0) is 25.0 Å². The van der Waals surface area contributed by atoms with Gasteiger partial charge in [0.15, 0.2) is 7.37 Å². The van der Waals surface area contributed by atoms with E-state index in [0.717, 1.165) is 32.1 Å². The molecule has 0 heterocycles. The van der Waals surface area contributed by atoms with Crippen LogP contribution >= 0.6 is 7.37 Å². The van der Waals surface area contributed by atoms with Crippen molar-refractivity contribution in [3.63, 3.8) is 0 Å². The Balaban J connectivity index is 1.88. The lowest BCUT2D eigenvalue weighted by atomic mass is 9.88. The average molecular weight is 471 g/mol. The quantitative estimate of drug-likeness (QED) is 0.238. The Morgan fingerprint density at radius 1 is 1.25 bits per heavy atom. The van der Waals surface area contributed by atoms with Gasteiger partial charge in [0.1, 0.15) is 30.1 Å². The van der Waals surface area contributed by atoms with Crippen LogP contribution in [-0.4, -0.2) is 56.5 Å². The number of carbonyl (C=O) groups is 1. The molecular weight excluding hydrogens is 434 g/mol. The zero-order valence-corrected chi connectivity index (χ0v) is 20.1. The summed E-state index contributed by atoms with van der Waals surface area (Å²) in [5, 5.41) is 0. The van der Waals surface area contributed by atoms with E-state index in [1.807, 2.05) is 12.2 Å². The largest absolute Gasteiger partial charge is 0.490 e. The van der Waals surface area contributed by atoms with E-state index in [1.165, 1.54) is 18.8 Å². The number of rotatable bonds is 14. The van der Waals surface area contributed by atoms with Gasteiger partial charge in [-0.25, -0.2) is 4.39 Å². The maximum atomic E-state index is 13.3. The van der Waals surface area contributed by atoms with Crippen molar-refractivity contribution in [2.75, 3.05) is 33.7 Å². The monoisotopic (exact) mass is 470 g/mol. The van der Waals surface area contributed by atoms with E-state index in [-0.39, 0.29) is 42.3 Å². The Morgan fingerprint density at radius 3 is 2.66 bits per heavy atom. The zero-order chi connectivity index (χ0) is 23.6. The van der Waals surface area contributed by atoms with Gasteiger partial charge < -0.3 is 19.1 Å². The van der Waals surface area contributed by atoms with Gasteiger partial charge in [0, 0.05) is 51.4 Å². The van der Waals surface area contributed by atoms with Crippen molar-refractivity contribution < 1.29 is 32.9 Å². The number of carbonyl (C=O) groups excluding carboxylic acids is 1. The van der Waals surface area contributed by atoms with Crippen LogP contribution in [0.4, 0.5) is 4.39 Å². The molecular formula is C24H36FO6P. The first-order chi connectivity index (χ1) is 15.2. The summed E-state index contributed by atoms with van der Waals surface area (Å²) in [6, 6.07) is 5.96. The molecule has 1 N–H and O–H groups in total. The van der Waals surface area contributed by atoms with E-state index in [2.05, 4.69) is 0 Å². The van der Waals surface area contributed by atoms with Crippen LogP contribution in [0.2, 0.25) is 0 Å². The second kappa shape index (κ2) is 13.2.